The fourth-order valence-corrected chi connectivity index (χ4v) is 2.04. The molecule has 84 valence electrons. The smallest absolute Gasteiger partial charge is 0.0109 e. The van der Waals surface area contributed by atoms with Crippen molar-refractivity contribution in [1.82, 2.24) is 9.80 Å². The van der Waals surface area contributed by atoms with Crippen LogP contribution in [0.4, 0.5) is 0 Å². The van der Waals surface area contributed by atoms with Crippen LogP contribution in [0.5, 0.6) is 0 Å². The molecule has 0 aromatic carbocycles. The number of nitrogens with two attached hydrogens (primary N) is 1. The molecule has 1 heterocycles. The van der Waals surface area contributed by atoms with Gasteiger partial charge in [-0.1, -0.05) is 0 Å². The van der Waals surface area contributed by atoms with Gasteiger partial charge in [0.15, 0.2) is 0 Å². The predicted molar refractivity (Wildman–Crippen MR) is 61.4 cm³/mol. The standard InChI is InChI=1S/C11H25N3/c1-10(12)11-4-6-14(7-5-11)9-8-13(2)3/h10-11H,4-9,12H2,1-3H3. The van der Waals surface area contributed by atoms with E-state index in [4.69, 9.17) is 5.73 Å². The summed E-state index contributed by atoms with van der Waals surface area (Å²) in [5.41, 5.74) is 5.91. The molecule has 3 heteroatoms. The second-order valence-corrected chi connectivity index (χ2v) is 4.84. The zero-order valence-corrected chi connectivity index (χ0v) is 9.87. The molecule has 1 saturated heterocycles. The first-order chi connectivity index (χ1) is 6.59. The van der Waals surface area contributed by atoms with E-state index >= 15 is 0 Å². The van der Waals surface area contributed by atoms with Crippen LogP contribution < -0.4 is 5.73 Å². The average Bonchev–Trinajstić information content (AvgIpc) is 2.15. The van der Waals surface area contributed by atoms with E-state index in [2.05, 4.69) is 30.8 Å². The zero-order valence-electron chi connectivity index (χ0n) is 9.87. The zero-order chi connectivity index (χ0) is 10.6. The Morgan fingerprint density at radius 1 is 1.36 bits per heavy atom. The third kappa shape index (κ3) is 3.95. The van der Waals surface area contributed by atoms with E-state index in [-0.39, 0.29) is 0 Å². The van der Waals surface area contributed by atoms with Gasteiger partial charge < -0.3 is 15.5 Å². The lowest BCUT2D eigenvalue weighted by Crippen LogP contribution is -2.41. The molecule has 0 saturated carbocycles. The van der Waals surface area contributed by atoms with Crippen molar-refractivity contribution >= 4 is 0 Å². The SMILES string of the molecule is CC(N)C1CCN(CCN(C)C)CC1. The van der Waals surface area contributed by atoms with Gasteiger partial charge in [0.25, 0.3) is 0 Å². The number of likely N-dealkylation sites (N-methyl/N-ethyl adjacent to an activating group) is 1. The molecule has 1 aliphatic rings. The Morgan fingerprint density at radius 3 is 2.36 bits per heavy atom. The molecule has 0 aromatic rings. The van der Waals surface area contributed by atoms with Gasteiger partial charge in [0.2, 0.25) is 0 Å². The van der Waals surface area contributed by atoms with Crippen LogP contribution in [0.1, 0.15) is 19.8 Å². The summed E-state index contributed by atoms with van der Waals surface area (Å²) in [6.07, 6.45) is 2.57. The van der Waals surface area contributed by atoms with Crippen LogP contribution in [0.2, 0.25) is 0 Å². The first-order valence-electron chi connectivity index (χ1n) is 5.72. The van der Waals surface area contributed by atoms with Crippen molar-refractivity contribution < 1.29 is 0 Å². The second kappa shape index (κ2) is 5.69. The first kappa shape index (κ1) is 12.0. The van der Waals surface area contributed by atoms with E-state index in [0.717, 1.165) is 5.92 Å². The van der Waals surface area contributed by atoms with Crippen LogP contribution in [-0.2, 0) is 0 Å². The molecule has 0 bridgehead atoms. The minimum atomic E-state index is 0.381. The van der Waals surface area contributed by atoms with E-state index in [1.807, 2.05) is 0 Å². The van der Waals surface area contributed by atoms with Crippen molar-refractivity contribution in [1.29, 1.82) is 0 Å². The van der Waals surface area contributed by atoms with Crippen molar-refractivity contribution in [2.24, 2.45) is 11.7 Å². The lowest BCUT2D eigenvalue weighted by Gasteiger charge is -2.34. The van der Waals surface area contributed by atoms with Gasteiger partial charge >= 0.3 is 0 Å². The summed E-state index contributed by atoms with van der Waals surface area (Å²) in [6.45, 7) is 6.99. The minimum absolute atomic E-state index is 0.381. The highest BCUT2D eigenvalue weighted by molar-refractivity contribution is 4.77. The van der Waals surface area contributed by atoms with Gasteiger partial charge in [-0.15, -0.1) is 0 Å². The first-order valence-corrected chi connectivity index (χ1v) is 5.72. The number of nitrogens with zero attached hydrogens (tertiary/aromatic N) is 2. The van der Waals surface area contributed by atoms with Gasteiger partial charge in [0.1, 0.15) is 0 Å². The van der Waals surface area contributed by atoms with Crippen molar-refractivity contribution in [2.45, 2.75) is 25.8 Å². The molecule has 1 aliphatic heterocycles. The van der Waals surface area contributed by atoms with Crippen LogP contribution in [-0.4, -0.2) is 56.1 Å². The van der Waals surface area contributed by atoms with Gasteiger partial charge in [0, 0.05) is 19.1 Å². The summed E-state index contributed by atoms with van der Waals surface area (Å²) < 4.78 is 0. The lowest BCUT2D eigenvalue weighted by molar-refractivity contribution is 0.160. The summed E-state index contributed by atoms with van der Waals surface area (Å²) in [6, 6.07) is 0.381. The van der Waals surface area contributed by atoms with Gasteiger partial charge in [-0.3, -0.25) is 0 Å². The fraction of sp³-hybridized carbons (Fsp3) is 1.00. The van der Waals surface area contributed by atoms with Crippen molar-refractivity contribution in [3.8, 4) is 0 Å². The molecule has 0 aliphatic carbocycles. The second-order valence-electron chi connectivity index (χ2n) is 4.84. The summed E-state index contributed by atoms with van der Waals surface area (Å²) >= 11 is 0. The molecule has 0 aromatic heterocycles. The fourth-order valence-electron chi connectivity index (χ4n) is 2.04. The Balaban J connectivity index is 2.16. The maximum absolute atomic E-state index is 5.91. The van der Waals surface area contributed by atoms with Gasteiger partial charge in [-0.25, -0.2) is 0 Å². The van der Waals surface area contributed by atoms with Crippen molar-refractivity contribution in [2.75, 3.05) is 40.3 Å². The van der Waals surface area contributed by atoms with Crippen LogP contribution in [0.25, 0.3) is 0 Å². The number of rotatable bonds is 4. The molecule has 2 N–H and O–H groups in total. The Labute approximate surface area is 88.2 Å². The highest BCUT2D eigenvalue weighted by atomic mass is 15.2. The van der Waals surface area contributed by atoms with Gasteiger partial charge in [-0.05, 0) is 52.9 Å². The molecule has 1 atom stereocenters. The highest BCUT2D eigenvalue weighted by Gasteiger charge is 2.21. The molecule has 0 amide bonds. The van der Waals surface area contributed by atoms with Crippen LogP contribution in [0, 0.1) is 5.92 Å². The topological polar surface area (TPSA) is 32.5 Å². The molecule has 1 fully saturated rings. The quantitative estimate of drug-likeness (QED) is 0.720. The Kier molecular flexibility index (Phi) is 4.85. The summed E-state index contributed by atoms with van der Waals surface area (Å²) in [7, 11) is 4.27. The van der Waals surface area contributed by atoms with Gasteiger partial charge in [-0.2, -0.15) is 0 Å². The van der Waals surface area contributed by atoms with Crippen molar-refractivity contribution in [3.05, 3.63) is 0 Å². The van der Waals surface area contributed by atoms with E-state index in [0.29, 0.717) is 6.04 Å². The molecule has 1 rings (SSSR count). The summed E-state index contributed by atoms with van der Waals surface area (Å²) in [4.78, 5) is 4.80. The highest BCUT2D eigenvalue weighted by Crippen LogP contribution is 2.18. The maximum Gasteiger partial charge on any atom is 0.0109 e. The van der Waals surface area contributed by atoms with Crippen LogP contribution >= 0.6 is 0 Å². The van der Waals surface area contributed by atoms with Crippen LogP contribution in [0.15, 0.2) is 0 Å². The number of piperidine rings is 1. The summed E-state index contributed by atoms with van der Waals surface area (Å²) in [5, 5.41) is 0. The monoisotopic (exact) mass is 199 g/mol. The summed E-state index contributed by atoms with van der Waals surface area (Å²) in [5.74, 6) is 0.755. The molecular formula is C11H25N3. The average molecular weight is 199 g/mol. The third-order valence-electron chi connectivity index (χ3n) is 3.24. The van der Waals surface area contributed by atoms with Crippen molar-refractivity contribution in [3.63, 3.8) is 0 Å². The lowest BCUT2D eigenvalue weighted by atomic mass is 9.91. The molecule has 0 radical (unpaired) electrons. The van der Waals surface area contributed by atoms with E-state index in [9.17, 15) is 0 Å². The minimum Gasteiger partial charge on any atom is -0.328 e. The number of hydrogen-bond donors (Lipinski definition) is 1. The Morgan fingerprint density at radius 2 is 1.93 bits per heavy atom. The maximum atomic E-state index is 5.91. The molecule has 3 nitrogen and oxygen atoms in total. The molecule has 1 unspecified atom stereocenters. The number of likely N-dealkylation sites (tertiary alicyclic amines) is 1. The Hall–Kier alpha value is -0.120. The van der Waals surface area contributed by atoms with E-state index in [1.165, 1.54) is 39.0 Å². The molecule has 0 spiro atoms. The normalized spacial score (nSPS) is 22.9. The van der Waals surface area contributed by atoms with Gasteiger partial charge in [0.05, 0.1) is 0 Å². The number of hydrogen-bond acceptors (Lipinski definition) is 3. The Bertz CT molecular complexity index is 149. The largest absolute Gasteiger partial charge is 0.328 e. The van der Waals surface area contributed by atoms with E-state index in [1.54, 1.807) is 0 Å². The predicted octanol–water partition coefficient (Wildman–Crippen LogP) is 0.607. The third-order valence-corrected chi connectivity index (χ3v) is 3.24. The molecule has 14 heavy (non-hydrogen) atoms. The van der Waals surface area contributed by atoms with Crippen LogP contribution in [0.3, 0.4) is 0 Å². The molecular weight excluding hydrogens is 174 g/mol. The van der Waals surface area contributed by atoms with E-state index < -0.39 is 0 Å².